The van der Waals surface area contributed by atoms with E-state index in [-0.39, 0.29) is 12.5 Å². The maximum absolute atomic E-state index is 12.8. The number of fused-ring (bicyclic) bond motifs is 3. The molecule has 0 bridgehead atoms. The molecule has 0 heterocycles. The summed E-state index contributed by atoms with van der Waals surface area (Å²) in [5.74, 6) is -1.04. The van der Waals surface area contributed by atoms with E-state index in [9.17, 15) is 14.7 Å². The van der Waals surface area contributed by atoms with Crippen LogP contribution >= 0.6 is 0 Å². The van der Waals surface area contributed by atoms with E-state index < -0.39 is 23.0 Å². The highest BCUT2D eigenvalue weighted by atomic mass is 16.6. The van der Waals surface area contributed by atoms with E-state index in [1.807, 2.05) is 31.2 Å². The van der Waals surface area contributed by atoms with Crippen LogP contribution in [0, 0.1) is 5.41 Å². The summed E-state index contributed by atoms with van der Waals surface area (Å²) in [6, 6.07) is 16.3. The van der Waals surface area contributed by atoms with E-state index in [0.717, 1.165) is 35.1 Å². The predicted octanol–water partition coefficient (Wildman–Crippen LogP) is 4.51. The van der Waals surface area contributed by atoms with Crippen LogP contribution < -0.4 is 0 Å². The smallest absolute Gasteiger partial charge is 0.410 e. The van der Waals surface area contributed by atoms with Crippen molar-refractivity contribution < 1.29 is 19.4 Å². The van der Waals surface area contributed by atoms with Crippen LogP contribution in [0.5, 0.6) is 0 Å². The molecule has 2 aliphatic rings. The van der Waals surface area contributed by atoms with E-state index in [1.54, 1.807) is 6.92 Å². The number of carbonyl (C=O) groups is 2. The molecular formula is C23H25NO4. The Hall–Kier alpha value is -2.82. The monoisotopic (exact) mass is 379 g/mol. The van der Waals surface area contributed by atoms with Gasteiger partial charge in [-0.25, -0.2) is 9.59 Å². The highest BCUT2D eigenvalue weighted by Gasteiger charge is 2.61. The largest absolute Gasteiger partial charge is 0.479 e. The number of ether oxygens (including phenoxy) is 1. The first-order valence-corrected chi connectivity index (χ1v) is 9.62. The number of rotatable bonds is 5. The minimum absolute atomic E-state index is 0.0441. The highest BCUT2D eigenvalue weighted by Crippen LogP contribution is 2.56. The first-order valence-electron chi connectivity index (χ1n) is 9.62. The molecule has 1 unspecified atom stereocenters. The van der Waals surface area contributed by atoms with Crippen LogP contribution in [-0.2, 0) is 9.53 Å². The van der Waals surface area contributed by atoms with Crippen LogP contribution in [0.3, 0.4) is 0 Å². The van der Waals surface area contributed by atoms with Crippen molar-refractivity contribution in [3.8, 4) is 11.1 Å². The summed E-state index contributed by atoms with van der Waals surface area (Å²) in [5, 5.41) is 9.82. The van der Waals surface area contributed by atoms with Crippen molar-refractivity contribution in [2.24, 2.45) is 5.41 Å². The van der Waals surface area contributed by atoms with Gasteiger partial charge in [0, 0.05) is 18.4 Å². The van der Waals surface area contributed by atoms with Gasteiger partial charge in [-0.1, -0.05) is 55.5 Å². The van der Waals surface area contributed by atoms with Gasteiger partial charge in [0.05, 0.1) is 0 Å². The van der Waals surface area contributed by atoms with Gasteiger partial charge in [0.15, 0.2) is 0 Å². The molecule has 5 heteroatoms. The zero-order valence-electron chi connectivity index (χ0n) is 16.4. The molecule has 1 saturated carbocycles. The lowest BCUT2D eigenvalue weighted by atomic mass is 9.82. The molecule has 4 rings (SSSR count). The maximum atomic E-state index is 12.8. The van der Waals surface area contributed by atoms with Crippen molar-refractivity contribution in [3.63, 3.8) is 0 Å². The zero-order valence-corrected chi connectivity index (χ0v) is 16.4. The molecule has 0 aromatic heterocycles. The molecule has 28 heavy (non-hydrogen) atoms. The predicted molar refractivity (Wildman–Crippen MR) is 106 cm³/mol. The Kier molecular flexibility index (Phi) is 4.21. The number of nitrogens with zero attached hydrogens (tertiary/aromatic N) is 1. The Bertz CT molecular complexity index is 904. The molecular weight excluding hydrogens is 354 g/mol. The second-order valence-electron chi connectivity index (χ2n) is 8.30. The number of likely N-dealkylation sites (N-methyl/N-ethyl adjacent to an activating group) is 1. The number of carboxylic acid groups (broad SMARTS) is 1. The van der Waals surface area contributed by atoms with Crippen molar-refractivity contribution in [1.29, 1.82) is 0 Å². The number of benzene rings is 2. The third kappa shape index (κ3) is 2.60. The van der Waals surface area contributed by atoms with Gasteiger partial charge in [0.2, 0.25) is 0 Å². The fourth-order valence-electron chi connectivity index (χ4n) is 4.35. The lowest BCUT2D eigenvalue weighted by Crippen LogP contribution is -2.58. The molecule has 2 aromatic rings. The molecule has 0 spiro atoms. The van der Waals surface area contributed by atoms with Gasteiger partial charge in [0.25, 0.3) is 0 Å². The Morgan fingerprint density at radius 1 is 1.11 bits per heavy atom. The SMILES string of the molecule is CN(C(=O)OCC1c2ccccc2-c2ccccc21)C(C)(C(=O)O)C1(C)CC1. The average Bonchev–Trinajstić information content (AvgIpc) is 3.38. The van der Waals surface area contributed by atoms with Gasteiger partial charge >= 0.3 is 12.1 Å². The Labute approximate surface area is 164 Å². The number of carbonyl (C=O) groups excluding carboxylic acids is 1. The summed E-state index contributed by atoms with van der Waals surface area (Å²) in [6.45, 7) is 3.71. The van der Waals surface area contributed by atoms with Crippen molar-refractivity contribution in [3.05, 3.63) is 59.7 Å². The number of carboxylic acids is 1. The topological polar surface area (TPSA) is 66.8 Å². The van der Waals surface area contributed by atoms with Crippen LogP contribution in [-0.4, -0.2) is 41.3 Å². The van der Waals surface area contributed by atoms with Crippen LogP contribution in [0.1, 0.15) is 43.7 Å². The molecule has 5 nitrogen and oxygen atoms in total. The molecule has 1 atom stereocenters. The average molecular weight is 379 g/mol. The highest BCUT2D eigenvalue weighted by molar-refractivity contribution is 5.85. The van der Waals surface area contributed by atoms with Crippen molar-refractivity contribution >= 4 is 12.1 Å². The van der Waals surface area contributed by atoms with Crippen LogP contribution in [0.4, 0.5) is 4.79 Å². The summed E-state index contributed by atoms with van der Waals surface area (Å²) in [7, 11) is 1.52. The van der Waals surface area contributed by atoms with Gasteiger partial charge in [-0.3, -0.25) is 4.90 Å². The van der Waals surface area contributed by atoms with Gasteiger partial charge in [-0.2, -0.15) is 0 Å². The van der Waals surface area contributed by atoms with Gasteiger partial charge in [0.1, 0.15) is 12.1 Å². The molecule has 2 aromatic carbocycles. The van der Waals surface area contributed by atoms with Crippen LogP contribution in [0.15, 0.2) is 48.5 Å². The van der Waals surface area contributed by atoms with E-state index in [4.69, 9.17) is 4.74 Å². The fourth-order valence-corrected chi connectivity index (χ4v) is 4.35. The Morgan fingerprint density at radius 3 is 2.07 bits per heavy atom. The number of aliphatic carboxylic acids is 1. The summed E-state index contributed by atoms with van der Waals surface area (Å²) in [4.78, 5) is 26.0. The minimum Gasteiger partial charge on any atom is -0.479 e. The van der Waals surface area contributed by atoms with Crippen molar-refractivity contribution in [2.45, 2.75) is 38.1 Å². The molecule has 146 valence electrons. The van der Waals surface area contributed by atoms with Crippen molar-refractivity contribution in [1.82, 2.24) is 4.90 Å². The van der Waals surface area contributed by atoms with E-state index in [1.165, 1.54) is 11.9 Å². The molecule has 2 aliphatic carbocycles. The normalized spacial score (nSPS) is 18.5. The molecule has 0 radical (unpaired) electrons. The molecule has 1 amide bonds. The van der Waals surface area contributed by atoms with Gasteiger partial charge in [-0.05, 0) is 42.0 Å². The lowest BCUT2D eigenvalue weighted by Gasteiger charge is -2.39. The van der Waals surface area contributed by atoms with E-state index >= 15 is 0 Å². The second kappa shape index (κ2) is 6.36. The third-order valence-electron chi connectivity index (χ3n) is 6.87. The number of hydrogen-bond donors (Lipinski definition) is 1. The molecule has 0 aliphatic heterocycles. The van der Waals surface area contributed by atoms with E-state index in [2.05, 4.69) is 24.3 Å². The van der Waals surface area contributed by atoms with Crippen molar-refractivity contribution in [2.75, 3.05) is 13.7 Å². The Balaban J connectivity index is 1.55. The third-order valence-corrected chi connectivity index (χ3v) is 6.87. The number of amides is 1. The lowest BCUT2D eigenvalue weighted by molar-refractivity contribution is -0.153. The first-order chi connectivity index (χ1) is 13.3. The minimum atomic E-state index is -1.28. The summed E-state index contributed by atoms with van der Waals surface area (Å²) in [5.41, 5.74) is 2.89. The fraction of sp³-hybridized carbons (Fsp3) is 0.391. The standard InChI is InChI=1S/C23H25NO4/c1-22(12-13-22)23(2,20(25)26)24(3)21(27)28-14-19-17-10-6-4-8-15(17)16-9-5-7-11-18(16)19/h4-11,19H,12-14H2,1-3H3,(H,25,26). The Morgan fingerprint density at radius 2 is 1.61 bits per heavy atom. The summed E-state index contributed by atoms with van der Waals surface area (Å²) in [6.07, 6.45) is 0.980. The zero-order chi connectivity index (χ0) is 20.1. The summed E-state index contributed by atoms with van der Waals surface area (Å²) < 4.78 is 5.64. The quantitative estimate of drug-likeness (QED) is 0.830. The van der Waals surface area contributed by atoms with Crippen LogP contribution in [0.25, 0.3) is 11.1 Å². The molecule has 1 N–H and O–H groups in total. The second-order valence-corrected chi connectivity index (χ2v) is 8.30. The molecule has 0 saturated heterocycles. The van der Waals surface area contributed by atoms with Gasteiger partial charge in [-0.15, -0.1) is 0 Å². The number of hydrogen-bond acceptors (Lipinski definition) is 3. The molecule has 1 fully saturated rings. The maximum Gasteiger partial charge on any atom is 0.410 e. The first kappa shape index (κ1) is 18.5. The summed E-state index contributed by atoms with van der Waals surface area (Å²) >= 11 is 0. The van der Waals surface area contributed by atoms with Gasteiger partial charge < -0.3 is 9.84 Å². The van der Waals surface area contributed by atoms with Crippen LogP contribution in [0.2, 0.25) is 0 Å². The van der Waals surface area contributed by atoms with E-state index in [0.29, 0.717) is 0 Å².